The molecule has 3 N–H and O–H groups in total. The van der Waals surface area contributed by atoms with Crippen molar-refractivity contribution in [2.75, 3.05) is 6.61 Å². The lowest BCUT2D eigenvalue weighted by atomic mass is 9.98. The Labute approximate surface area is 199 Å². The van der Waals surface area contributed by atoms with Crippen LogP contribution in [0.25, 0.3) is 11.1 Å². The zero-order chi connectivity index (χ0) is 24.1. The third kappa shape index (κ3) is 4.98. The van der Waals surface area contributed by atoms with Gasteiger partial charge in [-0.25, -0.2) is 9.59 Å². The van der Waals surface area contributed by atoms with Crippen LogP contribution >= 0.6 is 0 Å². The number of carbonyl (C=O) groups excluding carboxylic acids is 2. The molecule has 0 saturated heterocycles. The number of allylic oxidation sites excluding steroid dienone is 1. The lowest BCUT2D eigenvalue weighted by molar-refractivity contribution is -0.142. The Hall–Kier alpha value is -3.61. The molecule has 1 fully saturated rings. The summed E-state index contributed by atoms with van der Waals surface area (Å²) in [6.45, 7) is 3.80. The van der Waals surface area contributed by atoms with Crippen LogP contribution in [0.2, 0.25) is 0 Å². The number of rotatable bonds is 9. The van der Waals surface area contributed by atoms with Gasteiger partial charge in [-0.2, -0.15) is 0 Å². The summed E-state index contributed by atoms with van der Waals surface area (Å²) < 4.78 is 5.62. The van der Waals surface area contributed by atoms with Gasteiger partial charge in [0.15, 0.2) is 0 Å². The van der Waals surface area contributed by atoms with Crippen molar-refractivity contribution in [2.24, 2.45) is 5.92 Å². The molecular weight excluding hydrogens is 432 g/mol. The molecule has 4 rings (SSSR count). The number of alkyl carbamates (subject to hydrolysis) is 1. The number of hydrogen-bond donors (Lipinski definition) is 3. The molecule has 0 radical (unpaired) electrons. The molecule has 2 aliphatic rings. The summed E-state index contributed by atoms with van der Waals surface area (Å²) in [5.41, 5.74) is 4.58. The number of carboxylic acid groups (broad SMARTS) is 1. The normalized spacial score (nSPS) is 19.5. The van der Waals surface area contributed by atoms with E-state index in [-0.39, 0.29) is 30.9 Å². The summed E-state index contributed by atoms with van der Waals surface area (Å²) in [5, 5.41) is 14.8. The second kappa shape index (κ2) is 10.5. The zero-order valence-electron chi connectivity index (χ0n) is 19.0. The summed E-state index contributed by atoms with van der Waals surface area (Å²) in [6.07, 6.45) is 3.84. The minimum Gasteiger partial charge on any atom is -0.480 e. The Morgan fingerprint density at radius 1 is 1.06 bits per heavy atom. The molecule has 0 spiro atoms. The number of ether oxygens (including phenoxy) is 1. The molecule has 7 nitrogen and oxygen atoms in total. The first-order valence-electron chi connectivity index (χ1n) is 11.7. The highest BCUT2D eigenvalue weighted by Gasteiger charge is 2.36. The maximum absolute atomic E-state index is 12.8. The van der Waals surface area contributed by atoms with Crippen LogP contribution in [0.15, 0.2) is 61.2 Å². The van der Waals surface area contributed by atoms with E-state index >= 15 is 0 Å². The van der Waals surface area contributed by atoms with Gasteiger partial charge in [-0.15, -0.1) is 6.58 Å². The largest absolute Gasteiger partial charge is 0.480 e. The van der Waals surface area contributed by atoms with Crippen molar-refractivity contribution >= 4 is 18.0 Å². The van der Waals surface area contributed by atoms with Gasteiger partial charge in [0.1, 0.15) is 12.6 Å². The third-order valence-corrected chi connectivity index (χ3v) is 6.77. The number of amides is 2. The predicted molar refractivity (Wildman–Crippen MR) is 128 cm³/mol. The summed E-state index contributed by atoms with van der Waals surface area (Å²) in [7, 11) is 0. The van der Waals surface area contributed by atoms with E-state index < -0.39 is 24.0 Å². The van der Waals surface area contributed by atoms with Crippen LogP contribution in [-0.2, 0) is 14.3 Å². The minimum atomic E-state index is -1.07. The Bertz CT molecular complexity index is 1040. The molecule has 7 heteroatoms. The Kier molecular flexibility index (Phi) is 7.30. The maximum Gasteiger partial charge on any atom is 0.407 e. The first kappa shape index (κ1) is 23.5. The second-order valence-corrected chi connectivity index (χ2v) is 8.88. The molecule has 3 atom stereocenters. The molecule has 1 unspecified atom stereocenters. The summed E-state index contributed by atoms with van der Waals surface area (Å²) >= 11 is 0. The zero-order valence-corrected chi connectivity index (χ0v) is 19.0. The number of nitrogens with one attached hydrogen (secondary N) is 2. The molecule has 0 aliphatic heterocycles. The van der Waals surface area contributed by atoms with Crippen LogP contribution in [0.5, 0.6) is 0 Å². The maximum atomic E-state index is 12.8. The number of hydrogen-bond acceptors (Lipinski definition) is 4. The molecule has 2 aromatic carbocycles. The molecule has 34 heavy (non-hydrogen) atoms. The number of fused-ring (bicyclic) bond motifs is 3. The quantitative estimate of drug-likeness (QED) is 0.484. The predicted octanol–water partition coefficient (Wildman–Crippen LogP) is 4.23. The molecule has 2 aromatic rings. The highest BCUT2D eigenvalue weighted by Crippen LogP contribution is 2.44. The fourth-order valence-corrected chi connectivity index (χ4v) is 5.06. The van der Waals surface area contributed by atoms with Crippen molar-refractivity contribution < 1.29 is 24.2 Å². The first-order valence-corrected chi connectivity index (χ1v) is 11.7. The van der Waals surface area contributed by atoms with E-state index in [0.717, 1.165) is 28.7 Å². The fraction of sp³-hybridized carbons (Fsp3) is 0.370. The van der Waals surface area contributed by atoms with Crippen LogP contribution < -0.4 is 10.6 Å². The number of benzene rings is 2. The van der Waals surface area contributed by atoms with Gasteiger partial charge in [0.05, 0.1) is 5.92 Å². The van der Waals surface area contributed by atoms with E-state index in [4.69, 9.17) is 4.74 Å². The van der Waals surface area contributed by atoms with Crippen molar-refractivity contribution in [1.29, 1.82) is 0 Å². The van der Waals surface area contributed by atoms with E-state index in [1.165, 1.54) is 0 Å². The summed E-state index contributed by atoms with van der Waals surface area (Å²) in [5.74, 6) is -1.94. The molecule has 1 saturated carbocycles. The van der Waals surface area contributed by atoms with Crippen molar-refractivity contribution in [3.63, 3.8) is 0 Å². The summed E-state index contributed by atoms with van der Waals surface area (Å²) in [4.78, 5) is 36.9. The van der Waals surface area contributed by atoms with Crippen molar-refractivity contribution in [1.82, 2.24) is 10.6 Å². The Balaban J connectivity index is 1.35. The van der Waals surface area contributed by atoms with Crippen LogP contribution in [0.1, 0.15) is 49.1 Å². The molecule has 0 aromatic heterocycles. The smallest absolute Gasteiger partial charge is 0.407 e. The van der Waals surface area contributed by atoms with E-state index in [1.54, 1.807) is 6.08 Å². The third-order valence-electron chi connectivity index (χ3n) is 6.77. The van der Waals surface area contributed by atoms with E-state index in [0.29, 0.717) is 19.3 Å². The summed E-state index contributed by atoms with van der Waals surface area (Å²) in [6, 6.07) is 14.9. The monoisotopic (exact) mass is 462 g/mol. The SMILES string of the molecule is C=CCCC(NC(=O)[C@@H]1CCC[C@@H]1NC(=O)OCC1c2ccccc2-c2ccccc21)C(=O)O. The van der Waals surface area contributed by atoms with E-state index in [2.05, 4.69) is 41.5 Å². The van der Waals surface area contributed by atoms with Crippen LogP contribution in [0.4, 0.5) is 4.79 Å². The molecule has 178 valence electrons. The lowest BCUT2D eigenvalue weighted by Gasteiger charge is -2.23. The second-order valence-electron chi connectivity index (χ2n) is 8.88. The van der Waals surface area contributed by atoms with Crippen LogP contribution in [-0.4, -0.2) is 41.8 Å². The average molecular weight is 463 g/mol. The standard InChI is InChI=1S/C27H30N2O5/c1-2-3-14-24(26(31)32)28-25(30)21-13-8-15-23(21)29-27(33)34-16-22-19-11-6-4-9-17(19)18-10-5-7-12-20(18)22/h2,4-7,9-12,21-24H,1,3,8,13-16H2,(H,28,30)(H,29,33)(H,31,32)/t21-,23+,24?/m1/s1. The lowest BCUT2D eigenvalue weighted by Crippen LogP contribution is -2.48. The van der Waals surface area contributed by atoms with Gasteiger partial charge in [-0.1, -0.05) is 61.0 Å². The number of carbonyl (C=O) groups is 3. The first-order chi connectivity index (χ1) is 16.5. The minimum absolute atomic E-state index is 0.0398. The molecular formula is C27H30N2O5. The van der Waals surface area contributed by atoms with Crippen molar-refractivity contribution in [2.45, 2.75) is 50.1 Å². The Morgan fingerprint density at radius 3 is 2.32 bits per heavy atom. The molecule has 2 aliphatic carbocycles. The van der Waals surface area contributed by atoms with E-state index in [1.807, 2.05) is 24.3 Å². The number of carboxylic acids is 1. The van der Waals surface area contributed by atoms with Gasteiger partial charge < -0.3 is 20.5 Å². The molecule has 0 bridgehead atoms. The van der Waals surface area contributed by atoms with Crippen LogP contribution in [0.3, 0.4) is 0 Å². The van der Waals surface area contributed by atoms with E-state index in [9.17, 15) is 19.5 Å². The average Bonchev–Trinajstić information content (AvgIpc) is 3.42. The molecule has 2 amide bonds. The van der Waals surface area contributed by atoms with Gasteiger partial charge >= 0.3 is 12.1 Å². The van der Waals surface area contributed by atoms with Gasteiger partial charge in [-0.3, -0.25) is 4.79 Å². The highest BCUT2D eigenvalue weighted by atomic mass is 16.5. The van der Waals surface area contributed by atoms with Gasteiger partial charge in [-0.05, 0) is 47.9 Å². The highest BCUT2D eigenvalue weighted by molar-refractivity contribution is 5.86. The Morgan fingerprint density at radius 2 is 1.71 bits per heavy atom. The van der Waals surface area contributed by atoms with Gasteiger partial charge in [0.25, 0.3) is 0 Å². The number of aliphatic carboxylic acids is 1. The van der Waals surface area contributed by atoms with Gasteiger partial charge in [0, 0.05) is 12.0 Å². The van der Waals surface area contributed by atoms with Crippen molar-refractivity contribution in [3.05, 3.63) is 72.3 Å². The fourth-order valence-electron chi connectivity index (χ4n) is 5.06. The topological polar surface area (TPSA) is 105 Å². The van der Waals surface area contributed by atoms with Crippen LogP contribution in [0, 0.1) is 5.92 Å². The molecule has 0 heterocycles. The van der Waals surface area contributed by atoms with Crippen molar-refractivity contribution in [3.8, 4) is 11.1 Å². The van der Waals surface area contributed by atoms with Gasteiger partial charge in [0.2, 0.25) is 5.91 Å².